The summed E-state index contributed by atoms with van der Waals surface area (Å²) in [6, 6.07) is 14.0. The minimum absolute atomic E-state index is 0.989. The molecule has 0 aliphatic carbocycles. The summed E-state index contributed by atoms with van der Waals surface area (Å²) in [7, 11) is 0. The summed E-state index contributed by atoms with van der Waals surface area (Å²) in [6.07, 6.45) is 1.80. The first-order valence-corrected chi connectivity index (χ1v) is 5.83. The molecule has 0 bridgehead atoms. The molecule has 0 aliphatic rings. The van der Waals surface area contributed by atoms with E-state index in [4.69, 9.17) is 0 Å². The predicted molar refractivity (Wildman–Crippen MR) is 68.7 cm³/mol. The molecule has 78 valence electrons. The maximum atomic E-state index is 4.30. The normalized spacial score (nSPS) is 9.00. The first-order chi connectivity index (χ1) is 7.38. The van der Waals surface area contributed by atoms with E-state index in [-0.39, 0.29) is 0 Å². The van der Waals surface area contributed by atoms with Crippen molar-refractivity contribution in [2.75, 3.05) is 0 Å². The molecule has 1 aromatic carbocycles. The van der Waals surface area contributed by atoms with Gasteiger partial charge < -0.3 is 0 Å². The Morgan fingerprint density at radius 2 is 1.60 bits per heavy atom. The summed E-state index contributed by atoms with van der Waals surface area (Å²) in [4.78, 5) is 4.30. The Balaban J connectivity index is 0.000000531. The third kappa shape index (κ3) is 3.17. The van der Waals surface area contributed by atoms with Crippen LogP contribution in [0.3, 0.4) is 0 Å². The summed E-state index contributed by atoms with van der Waals surface area (Å²) >= 11 is 3.47. The average molecular weight is 264 g/mol. The van der Waals surface area contributed by atoms with Crippen molar-refractivity contribution in [3.05, 3.63) is 53.1 Å². The zero-order valence-corrected chi connectivity index (χ0v) is 10.5. The molecule has 0 unspecified atom stereocenters. The zero-order valence-electron chi connectivity index (χ0n) is 8.94. The second kappa shape index (κ2) is 6.36. The molecule has 2 heteroatoms. The number of hydrogen-bond acceptors (Lipinski definition) is 1. The first-order valence-electron chi connectivity index (χ1n) is 5.04. The zero-order chi connectivity index (χ0) is 11.1. The number of pyridine rings is 1. The molecule has 2 aromatic rings. The molecule has 0 N–H and O–H groups in total. The van der Waals surface area contributed by atoms with Crippen molar-refractivity contribution in [1.82, 2.24) is 4.98 Å². The Hall–Kier alpha value is -1.15. The van der Waals surface area contributed by atoms with E-state index in [9.17, 15) is 0 Å². The minimum Gasteiger partial charge on any atom is -0.255 e. The lowest BCUT2D eigenvalue weighted by atomic mass is 10.1. The van der Waals surface area contributed by atoms with Gasteiger partial charge in [0.1, 0.15) is 0 Å². The number of nitrogens with zero attached hydrogens (tertiary/aromatic N) is 1. The number of aromatic nitrogens is 1. The van der Waals surface area contributed by atoms with Gasteiger partial charge in [0.2, 0.25) is 0 Å². The third-order valence-electron chi connectivity index (χ3n) is 1.81. The molecule has 0 fully saturated rings. The molecule has 0 amide bonds. The monoisotopic (exact) mass is 263 g/mol. The van der Waals surface area contributed by atoms with Crippen LogP contribution in [0, 0.1) is 0 Å². The van der Waals surface area contributed by atoms with E-state index in [0.717, 1.165) is 15.7 Å². The maximum absolute atomic E-state index is 4.30. The summed E-state index contributed by atoms with van der Waals surface area (Å²) in [5, 5.41) is 0. The molecule has 0 atom stereocenters. The van der Waals surface area contributed by atoms with Crippen molar-refractivity contribution >= 4 is 15.9 Å². The summed E-state index contributed by atoms with van der Waals surface area (Å²) < 4.78 is 1.03. The van der Waals surface area contributed by atoms with Crippen LogP contribution in [-0.2, 0) is 0 Å². The van der Waals surface area contributed by atoms with Crippen LogP contribution in [0.2, 0.25) is 0 Å². The largest absolute Gasteiger partial charge is 0.255 e. The second-order valence-corrected chi connectivity index (χ2v) is 3.55. The van der Waals surface area contributed by atoms with Crippen LogP contribution in [0.15, 0.2) is 53.1 Å². The molecule has 15 heavy (non-hydrogen) atoms. The summed E-state index contributed by atoms with van der Waals surface area (Å²) in [5.74, 6) is 0. The van der Waals surface area contributed by atoms with E-state index in [1.165, 1.54) is 0 Å². The van der Waals surface area contributed by atoms with Crippen LogP contribution in [0.1, 0.15) is 13.8 Å². The van der Waals surface area contributed by atoms with Gasteiger partial charge in [-0.2, -0.15) is 0 Å². The third-order valence-corrected chi connectivity index (χ3v) is 2.45. The van der Waals surface area contributed by atoms with Crippen LogP contribution < -0.4 is 0 Å². The lowest BCUT2D eigenvalue weighted by Crippen LogP contribution is -1.82. The maximum Gasteiger partial charge on any atom is 0.0843 e. The highest BCUT2D eigenvalue weighted by Gasteiger charge is 2.01. The lowest BCUT2D eigenvalue weighted by molar-refractivity contribution is 1.31. The van der Waals surface area contributed by atoms with Gasteiger partial charge in [0.05, 0.1) is 5.69 Å². The molecule has 0 aliphatic heterocycles. The van der Waals surface area contributed by atoms with E-state index < -0.39 is 0 Å². The molecule has 1 heterocycles. The fraction of sp³-hybridized carbons (Fsp3) is 0.154. The van der Waals surface area contributed by atoms with Crippen LogP contribution in [0.4, 0.5) is 0 Å². The quantitative estimate of drug-likeness (QED) is 0.737. The van der Waals surface area contributed by atoms with Crippen molar-refractivity contribution < 1.29 is 0 Å². The van der Waals surface area contributed by atoms with Crippen LogP contribution >= 0.6 is 15.9 Å². The van der Waals surface area contributed by atoms with Gasteiger partial charge in [-0.1, -0.05) is 44.2 Å². The smallest absolute Gasteiger partial charge is 0.0843 e. The molecule has 0 radical (unpaired) electrons. The molecular weight excluding hydrogens is 250 g/mol. The minimum atomic E-state index is 0.989. The standard InChI is InChI=1S/C11H8BrN.C2H6/c12-10-7-4-8-13-11(10)9-5-2-1-3-6-9;1-2/h1-8H;1-2H3. The molecule has 2 rings (SSSR count). The van der Waals surface area contributed by atoms with Crippen LogP contribution in [0.25, 0.3) is 11.3 Å². The molecule has 0 spiro atoms. The van der Waals surface area contributed by atoms with E-state index in [2.05, 4.69) is 20.9 Å². The number of rotatable bonds is 1. The average Bonchev–Trinajstić information content (AvgIpc) is 2.33. The molecule has 0 saturated carbocycles. The van der Waals surface area contributed by atoms with Gasteiger partial charge in [-0.05, 0) is 28.1 Å². The van der Waals surface area contributed by atoms with Gasteiger partial charge in [-0.3, -0.25) is 4.98 Å². The van der Waals surface area contributed by atoms with Crippen LogP contribution in [0.5, 0.6) is 0 Å². The van der Waals surface area contributed by atoms with Crippen molar-refractivity contribution in [2.24, 2.45) is 0 Å². The van der Waals surface area contributed by atoms with Gasteiger partial charge in [0.15, 0.2) is 0 Å². The van der Waals surface area contributed by atoms with E-state index >= 15 is 0 Å². The molecule has 0 saturated heterocycles. The van der Waals surface area contributed by atoms with Crippen molar-refractivity contribution in [3.63, 3.8) is 0 Å². The highest BCUT2D eigenvalue weighted by molar-refractivity contribution is 9.10. The molecule has 1 aromatic heterocycles. The van der Waals surface area contributed by atoms with Crippen molar-refractivity contribution in [3.8, 4) is 11.3 Å². The first kappa shape index (κ1) is 11.9. The molecular formula is C13H14BrN. The summed E-state index contributed by atoms with van der Waals surface area (Å²) in [6.45, 7) is 4.00. The van der Waals surface area contributed by atoms with E-state index in [1.807, 2.05) is 56.3 Å². The van der Waals surface area contributed by atoms with Crippen LogP contribution in [-0.4, -0.2) is 4.98 Å². The fourth-order valence-electron chi connectivity index (χ4n) is 1.19. The topological polar surface area (TPSA) is 12.9 Å². The Kier molecular flexibility index (Phi) is 5.05. The van der Waals surface area contributed by atoms with E-state index in [1.54, 1.807) is 6.20 Å². The van der Waals surface area contributed by atoms with Gasteiger partial charge >= 0.3 is 0 Å². The van der Waals surface area contributed by atoms with Gasteiger partial charge in [-0.25, -0.2) is 0 Å². The summed E-state index contributed by atoms with van der Waals surface area (Å²) in [5.41, 5.74) is 2.12. The Morgan fingerprint density at radius 1 is 0.933 bits per heavy atom. The number of hydrogen-bond donors (Lipinski definition) is 0. The Labute approximate surface area is 99.3 Å². The van der Waals surface area contributed by atoms with Gasteiger partial charge in [0, 0.05) is 16.2 Å². The van der Waals surface area contributed by atoms with E-state index in [0.29, 0.717) is 0 Å². The Bertz CT molecular complexity index is 398. The predicted octanol–water partition coefficient (Wildman–Crippen LogP) is 4.54. The highest BCUT2D eigenvalue weighted by atomic mass is 79.9. The Morgan fingerprint density at radius 3 is 2.20 bits per heavy atom. The SMILES string of the molecule is Brc1cccnc1-c1ccccc1.CC. The number of halogens is 1. The number of benzene rings is 1. The molecule has 1 nitrogen and oxygen atoms in total. The lowest BCUT2D eigenvalue weighted by Gasteiger charge is -2.01. The van der Waals surface area contributed by atoms with Crippen molar-refractivity contribution in [1.29, 1.82) is 0 Å². The van der Waals surface area contributed by atoms with Gasteiger partial charge in [0.25, 0.3) is 0 Å². The second-order valence-electron chi connectivity index (χ2n) is 2.70. The fourth-order valence-corrected chi connectivity index (χ4v) is 1.68. The van der Waals surface area contributed by atoms with Crippen molar-refractivity contribution in [2.45, 2.75) is 13.8 Å². The van der Waals surface area contributed by atoms with Gasteiger partial charge in [-0.15, -0.1) is 0 Å². The highest BCUT2D eigenvalue weighted by Crippen LogP contribution is 2.24.